The van der Waals surface area contributed by atoms with Gasteiger partial charge in [0.1, 0.15) is 5.82 Å². The number of nitrogens with zero attached hydrogens (tertiary/aromatic N) is 6. The van der Waals surface area contributed by atoms with E-state index in [4.69, 9.17) is 8.94 Å². The maximum absolute atomic E-state index is 5.33. The van der Waals surface area contributed by atoms with Crippen LogP contribution in [0, 0.1) is 0 Å². The number of aromatic nitrogens is 4. The summed E-state index contributed by atoms with van der Waals surface area (Å²) in [5, 5.41) is 3.97. The standard InChI is InChI=1S/C16H20N6O2/c1-20-5-4-17-14(20)11-21-6-8-22(9-7-21)12-15-18-16(19-24-15)13-3-2-10-23-13/h2-5,10H,6-9,11-12H2,1H3. The summed E-state index contributed by atoms with van der Waals surface area (Å²) in [6, 6.07) is 3.64. The number of furan rings is 1. The monoisotopic (exact) mass is 328 g/mol. The summed E-state index contributed by atoms with van der Waals surface area (Å²) in [6.07, 6.45) is 5.43. The molecule has 8 heteroatoms. The zero-order chi connectivity index (χ0) is 16.4. The highest BCUT2D eigenvalue weighted by Crippen LogP contribution is 2.17. The molecule has 0 aromatic carbocycles. The molecule has 0 aliphatic carbocycles. The summed E-state index contributed by atoms with van der Waals surface area (Å²) < 4.78 is 12.7. The third kappa shape index (κ3) is 3.24. The molecule has 3 aromatic heterocycles. The lowest BCUT2D eigenvalue weighted by molar-refractivity contribution is 0.109. The van der Waals surface area contributed by atoms with Gasteiger partial charge in [0, 0.05) is 45.6 Å². The van der Waals surface area contributed by atoms with Gasteiger partial charge in [0.2, 0.25) is 11.7 Å². The van der Waals surface area contributed by atoms with Crippen LogP contribution in [0.2, 0.25) is 0 Å². The summed E-state index contributed by atoms with van der Waals surface area (Å²) in [5.74, 6) is 2.86. The quantitative estimate of drug-likeness (QED) is 0.700. The fourth-order valence-corrected chi connectivity index (χ4v) is 2.87. The second-order valence-electron chi connectivity index (χ2n) is 6.00. The van der Waals surface area contributed by atoms with Crippen LogP contribution in [0.25, 0.3) is 11.6 Å². The predicted molar refractivity (Wildman–Crippen MR) is 85.8 cm³/mol. The second-order valence-corrected chi connectivity index (χ2v) is 6.00. The van der Waals surface area contributed by atoms with E-state index in [-0.39, 0.29) is 0 Å². The molecule has 0 radical (unpaired) electrons. The average molecular weight is 328 g/mol. The van der Waals surface area contributed by atoms with E-state index in [1.807, 2.05) is 31.6 Å². The van der Waals surface area contributed by atoms with Crippen LogP contribution in [0.4, 0.5) is 0 Å². The Hall–Kier alpha value is -2.45. The molecular weight excluding hydrogens is 308 g/mol. The number of piperazine rings is 1. The number of aryl methyl sites for hydroxylation is 1. The highest BCUT2D eigenvalue weighted by Gasteiger charge is 2.20. The van der Waals surface area contributed by atoms with Gasteiger partial charge in [-0.3, -0.25) is 9.80 Å². The molecular formula is C16H20N6O2. The van der Waals surface area contributed by atoms with Crippen LogP contribution >= 0.6 is 0 Å². The van der Waals surface area contributed by atoms with Crippen LogP contribution in [0.1, 0.15) is 11.7 Å². The van der Waals surface area contributed by atoms with Gasteiger partial charge in [0.25, 0.3) is 0 Å². The molecule has 0 saturated carbocycles. The maximum Gasteiger partial charge on any atom is 0.241 e. The van der Waals surface area contributed by atoms with Crippen LogP contribution in [0.5, 0.6) is 0 Å². The molecule has 126 valence electrons. The van der Waals surface area contributed by atoms with Crippen molar-refractivity contribution in [1.82, 2.24) is 29.5 Å². The van der Waals surface area contributed by atoms with E-state index in [0.29, 0.717) is 24.0 Å². The molecule has 0 spiro atoms. The van der Waals surface area contributed by atoms with Crippen LogP contribution in [-0.2, 0) is 20.1 Å². The molecule has 0 atom stereocenters. The number of rotatable bonds is 5. The van der Waals surface area contributed by atoms with Gasteiger partial charge >= 0.3 is 0 Å². The molecule has 8 nitrogen and oxygen atoms in total. The van der Waals surface area contributed by atoms with Gasteiger partial charge in [0.05, 0.1) is 19.4 Å². The Balaban J connectivity index is 1.30. The van der Waals surface area contributed by atoms with Gasteiger partial charge in [-0.25, -0.2) is 4.98 Å². The van der Waals surface area contributed by atoms with Crippen LogP contribution in [0.3, 0.4) is 0 Å². The average Bonchev–Trinajstić information content (AvgIpc) is 3.32. The first-order chi connectivity index (χ1) is 11.8. The van der Waals surface area contributed by atoms with Gasteiger partial charge in [-0.05, 0) is 12.1 Å². The number of hydrogen-bond acceptors (Lipinski definition) is 7. The van der Waals surface area contributed by atoms with Crippen LogP contribution in [0.15, 0.2) is 39.7 Å². The topological polar surface area (TPSA) is 76.4 Å². The van der Waals surface area contributed by atoms with Crippen molar-refractivity contribution >= 4 is 0 Å². The first-order valence-electron chi connectivity index (χ1n) is 8.05. The molecule has 4 rings (SSSR count). The zero-order valence-electron chi connectivity index (χ0n) is 13.6. The SMILES string of the molecule is Cn1ccnc1CN1CCN(Cc2nc(-c3ccco3)no2)CC1. The molecule has 24 heavy (non-hydrogen) atoms. The van der Waals surface area contributed by atoms with E-state index < -0.39 is 0 Å². The Morgan fingerprint density at radius 3 is 2.58 bits per heavy atom. The molecule has 0 unspecified atom stereocenters. The van der Waals surface area contributed by atoms with E-state index >= 15 is 0 Å². The van der Waals surface area contributed by atoms with E-state index in [9.17, 15) is 0 Å². The maximum atomic E-state index is 5.33. The van der Waals surface area contributed by atoms with Crippen molar-refractivity contribution in [2.45, 2.75) is 13.1 Å². The largest absolute Gasteiger partial charge is 0.461 e. The van der Waals surface area contributed by atoms with Crippen molar-refractivity contribution in [3.05, 3.63) is 42.5 Å². The normalized spacial score (nSPS) is 16.7. The fourth-order valence-electron chi connectivity index (χ4n) is 2.87. The molecule has 1 fully saturated rings. The van der Waals surface area contributed by atoms with Crippen molar-refractivity contribution in [2.24, 2.45) is 7.05 Å². The minimum absolute atomic E-state index is 0.503. The van der Waals surface area contributed by atoms with Gasteiger partial charge in [-0.15, -0.1) is 0 Å². The molecule has 0 amide bonds. The molecule has 4 heterocycles. The summed E-state index contributed by atoms with van der Waals surface area (Å²) in [7, 11) is 2.03. The third-order valence-corrected chi connectivity index (χ3v) is 4.32. The lowest BCUT2D eigenvalue weighted by Gasteiger charge is -2.33. The number of hydrogen-bond donors (Lipinski definition) is 0. The van der Waals surface area contributed by atoms with Crippen molar-refractivity contribution in [2.75, 3.05) is 26.2 Å². The Morgan fingerprint density at radius 1 is 1.12 bits per heavy atom. The molecule has 0 bridgehead atoms. The van der Waals surface area contributed by atoms with E-state index in [1.54, 1.807) is 6.26 Å². The minimum atomic E-state index is 0.503. The zero-order valence-corrected chi connectivity index (χ0v) is 13.6. The molecule has 1 aliphatic rings. The van der Waals surface area contributed by atoms with E-state index in [0.717, 1.165) is 38.5 Å². The lowest BCUT2D eigenvalue weighted by atomic mass is 10.3. The summed E-state index contributed by atoms with van der Waals surface area (Å²) in [5.41, 5.74) is 0. The first-order valence-corrected chi connectivity index (χ1v) is 8.05. The molecule has 0 N–H and O–H groups in total. The molecule has 3 aromatic rings. The molecule has 1 saturated heterocycles. The highest BCUT2D eigenvalue weighted by atomic mass is 16.5. The second kappa shape index (κ2) is 6.58. The van der Waals surface area contributed by atoms with Gasteiger partial charge in [-0.1, -0.05) is 5.16 Å². The third-order valence-electron chi connectivity index (χ3n) is 4.32. The summed E-state index contributed by atoms with van der Waals surface area (Å²) in [6.45, 7) is 5.52. The van der Waals surface area contributed by atoms with Crippen molar-refractivity contribution in [3.8, 4) is 11.6 Å². The van der Waals surface area contributed by atoms with Crippen molar-refractivity contribution in [3.63, 3.8) is 0 Å². The first kappa shape index (κ1) is 15.1. The Morgan fingerprint density at radius 2 is 1.92 bits per heavy atom. The van der Waals surface area contributed by atoms with Gasteiger partial charge in [0.15, 0.2) is 5.76 Å². The minimum Gasteiger partial charge on any atom is -0.461 e. The summed E-state index contributed by atoms with van der Waals surface area (Å²) >= 11 is 0. The Labute approximate surface area is 139 Å². The molecule has 1 aliphatic heterocycles. The fraction of sp³-hybridized carbons (Fsp3) is 0.438. The predicted octanol–water partition coefficient (Wildman–Crippen LogP) is 1.38. The lowest BCUT2D eigenvalue weighted by Crippen LogP contribution is -2.45. The van der Waals surface area contributed by atoms with Crippen LogP contribution < -0.4 is 0 Å². The Kier molecular flexibility index (Phi) is 4.14. The van der Waals surface area contributed by atoms with Gasteiger partial charge in [-0.2, -0.15) is 4.98 Å². The van der Waals surface area contributed by atoms with Gasteiger partial charge < -0.3 is 13.5 Å². The number of imidazole rings is 1. The highest BCUT2D eigenvalue weighted by molar-refractivity contribution is 5.44. The van der Waals surface area contributed by atoms with Crippen molar-refractivity contribution < 1.29 is 8.94 Å². The smallest absolute Gasteiger partial charge is 0.241 e. The van der Waals surface area contributed by atoms with Crippen LogP contribution in [-0.4, -0.2) is 55.7 Å². The summed E-state index contributed by atoms with van der Waals surface area (Å²) in [4.78, 5) is 13.5. The Bertz CT molecular complexity index is 770. The van der Waals surface area contributed by atoms with E-state index in [1.165, 1.54) is 0 Å². The van der Waals surface area contributed by atoms with E-state index in [2.05, 4.69) is 29.5 Å². The van der Waals surface area contributed by atoms with Crippen molar-refractivity contribution in [1.29, 1.82) is 0 Å².